The van der Waals surface area contributed by atoms with Crippen molar-refractivity contribution >= 4 is 22.7 Å². The van der Waals surface area contributed by atoms with E-state index in [0.717, 1.165) is 5.69 Å². The summed E-state index contributed by atoms with van der Waals surface area (Å²) < 4.78 is 0. The Labute approximate surface area is 103 Å². The van der Waals surface area contributed by atoms with Crippen LogP contribution in [0.4, 0.5) is 0 Å². The molecule has 4 heteroatoms. The molecule has 2 nitrogen and oxygen atoms in total. The van der Waals surface area contributed by atoms with Crippen molar-refractivity contribution in [2.45, 2.75) is 31.8 Å². The van der Waals surface area contributed by atoms with Crippen LogP contribution >= 0.6 is 22.7 Å². The summed E-state index contributed by atoms with van der Waals surface area (Å²) in [5.41, 5.74) is 2.48. The molecule has 1 fully saturated rings. The first-order chi connectivity index (χ1) is 7.83. The van der Waals surface area contributed by atoms with Crippen molar-refractivity contribution in [3.8, 4) is 0 Å². The number of nitrogens with one attached hydrogen (secondary N) is 1. The molecule has 0 amide bonds. The molecule has 1 unspecified atom stereocenters. The van der Waals surface area contributed by atoms with E-state index in [2.05, 4.69) is 39.4 Å². The van der Waals surface area contributed by atoms with E-state index in [9.17, 15) is 0 Å². The minimum Gasteiger partial charge on any atom is -0.301 e. The van der Waals surface area contributed by atoms with Gasteiger partial charge in [-0.25, -0.2) is 4.98 Å². The molecule has 0 aliphatic heterocycles. The number of aryl methyl sites for hydroxylation is 1. The summed E-state index contributed by atoms with van der Waals surface area (Å²) in [7, 11) is 0. The molecule has 0 bridgehead atoms. The average molecular weight is 250 g/mol. The van der Waals surface area contributed by atoms with Crippen molar-refractivity contribution in [2.24, 2.45) is 0 Å². The van der Waals surface area contributed by atoms with E-state index in [1.165, 1.54) is 23.4 Å². The zero-order valence-corrected chi connectivity index (χ0v) is 10.8. The van der Waals surface area contributed by atoms with Gasteiger partial charge >= 0.3 is 0 Å². The molecule has 2 aromatic heterocycles. The van der Waals surface area contributed by atoms with Crippen LogP contribution in [0.1, 0.15) is 35.1 Å². The molecule has 2 heterocycles. The predicted molar refractivity (Wildman–Crippen MR) is 69.2 cm³/mol. The molecule has 0 spiro atoms. The van der Waals surface area contributed by atoms with Gasteiger partial charge in [-0.1, -0.05) is 0 Å². The lowest BCUT2D eigenvalue weighted by atomic mass is 10.1. The van der Waals surface area contributed by atoms with Gasteiger partial charge in [0.05, 0.1) is 6.04 Å². The lowest BCUT2D eigenvalue weighted by Crippen LogP contribution is -2.23. The van der Waals surface area contributed by atoms with Gasteiger partial charge in [0.2, 0.25) is 0 Å². The molecule has 0 saturated heterocycles. The number of rotatable bonds is 4. The van der Waals surface area contributed by atoms with Crippen molar-refractivity contribution < 1.29 is 0 Å². The van der Waals surface area contributed by atoms with Crippen molar-refractivity contribution in [3.63, 3.8) is 0 Å². The van der Waals surface area contributed by atoms with Crippen LogP contribution in [0.15, 0.2) is 22.2 Å². The van der Waals surface area contributed by atoms with Gasteiger partial charge in [0, 0.05) is 17.1 Å². The van der Waals surface area contributed by atoms with Gasteiger partial charge in [0.25, 0.3) is 0 Å². The number of thiazole rings is 1. The maximum Gasteiger partial charge on any atom is 0.114 e. The second-order valence-electron chi connectivity index (χ2n) is 4.26. The van der Waals surface area contributed by atoms with Crippen LogP contribution in [0, 0.1) is 6.92 Å². The second-order valence-corrected chi connectivity index (χ2v) is 5.93. The van der Waals surface area contributed by atoms with Gasteiger partial charge in [-0.15, -0.1) is 11.3 Å². The third-order valence-electron chi connectivity index (χ3n) is 2.74. The molecule has 1 aliphatic carbocycles. The highest BCUT2D eigenvalue weighted by Crippen LogP contribution is 2.31. The third kappa shape index (κ3) is 2.19. The average Bonchev–Trinajstić information content (AvgIpc) is 2.79. The van der Waals surface area contributed by atoms with Gasteiger partial charge in [-0.2, -0.15) is 11.3 Å². The van der Waals surface area contributed by atoms with Crippen molar-refractivity contribution in [1.82, 2.24) is 10.3 Å². The number of hydrogen-bond donors (Lipinski definition) is 1. The number of aromatic nitrogens is 1. The lowest BCUT2D eigenvalue weighted by Gasteiger charge is -2.14. The Balaban J connectivity index is 1.88. The standard InChI is InChI=1S/C12H14N2S2/c1-8-6-16-12(13-8)11(14-10-2-3-10)9-4-5-15-7-9/h4-7,10-11,14H,2-3H2,1H3. The van der Waals surface area contributed by atoms with Crippen LogP contribution in [0.25, 0.3) is 0 Å². The number of thiophene rings is 1. The monoisotopic (exact) mass is 250 g/mol. The van der Waals surface area contributed by atoms with Crippen molar-refractivity contribution in [1.29, 1.82) is 0 Å². The Hall–Kier alpha value is -0.710. The van der Waals surface area contributed by atoms with Crippen LogP contribution in [0.5, 0.6) is 0 Å². The van der Waals surface area contributed by atoms with Gasteiger partial charge in [-0.05, 0) is 42.2 Å². The van der Waals surface area contributed by atoms with Crippen molar-refractivity contribution in [3.05, 3.63) is 38.5 Å². The lowest BCUT2D eigenvalue weighted by molar-refractivity contribution is 0.599. The van der Waals surface area contributed by atoms with Crippen LogP contribution in [0.2, 0.25) is 0 Å². The summed E-state index contributed by atoms with van der Waals surface area (Å²) in [6.07, 6.45) is 2.62. The first kappa shape index (κ1) is 10.4. The molecule has 1 atom stereocenters. The van der Waals surface area contributed by atoms with Gasteiger partial charge < -0.3 is 5.32 Å². The summed E-state index contributed by atoms with van der Waals surface area (Å²) in [6, 6.07) is 3.20. The van der Waals surface area contributed by atoms with E-state index in [1.807, 2.05) is 0 Å². The topological polar surface area (TPSA) is 24.9 Å². The van der Waals surface area contributed by atoms with Gasteiger partial charge in [0.15, 0.2) is 0 Å². The Kier molecular flexibility index (Phi) is 2.79. The van der Waals surface area contributed by atoms with E-state index < -0.39 is 0 Å². The molecule has 1 N–H and O–H groups in total. The molecule has 0 radical (unpaired) electrons. The van der Waals surface area contributed by atoms with Gasteiger partial charge in [0.1, 0.15) is 5.01 Å². The first-order valence-electron chi connectivity index (χ1n) is 5.53. The van der Waals surface area contributed by atoms with Crippen LogP contribution in [0.3, 0.4) is 0 Å². The minimum atomic E-state index is 0.303. The summed E-state index contributed by atoms with van der Waals surface area (Å²) >= 11 is 3.51. The molecule has 84 valence electrons. The van der Waals surface area contributed by atoms with E-state index in [1.54, 1.807) is 22.7 Å². The third-order valence-corrected chi connectivity index (χ3v) is 4.47. The Morgan fingerprint density at radius 1 is 1.44 bits per heavy atom. The van der Waals surface area contributed by atoms with E-state index in [0.29, 0.717) is 12.1 Å². The SMILES string of the molecule is Cc1csc(C(NC2CC2)c2ccsc2)n1. The molecule has 2 aromatic rings. The Morgan fingerprint density at radius 2 is 2.31 bits per heavy atom. The quantitative estimate of drug-likeness (QED) is 0.900. The molecule has 3 rings (SSSR count). The molecule has 16 heavy (non-hydrogen) atoms. The molecule has 0 aromatic carbocycles. The number of nitrogens with zero attached hydrogens (tertiary/aromatic N) is 1. The smallest absolute Gasteiger partial charge is 0.114 e. The fourth-order valence-electron chi connectivity index (χ4n) is 1.74. The summed E-state index contributed by atoms with van der Waals surface area (Å²) in [4.78, 5) is 4.61. The first-order valence-corrected chi connectivity index (χ1v) is 7.35. The molecule has 1 aliphatic rings. The predicted octanol–water partition coefficient (Wildman–Crippen LogP) is 3.35. The van der Waals surface area contributed by atoms with Crippen LogP contribution < -0.4 is 5.32 Å². The van der Waals surface area contributed by atoms with E-state index in [-0.39, 0.29) is 0 Å². The van der Waals surface area contributed by atoms with E-state index >= 15 is 0 Å². The second kappa shape index (κ2) is 4.28. The van der Waals surface area contributed by atoms with E-state index in [4.69, 9.17) is 0 Å². The van der Waals surface area contributed by atoms with Crippen LogP contribution in [-0.2, 0) is 0 Å². The van der Waals surface area contributed by atoms with Crippen LogP contribution in [-0.4, -0.2) is 11.0 Å². The largest absolute Gasteiger partial charge is 0.301 e. The summed E-state index contributed by atoms with van der Waals surface area (Å²) in [5.74, 6) is 0. The highest BCUT2D eigenvalue weighted by Gasteiger charge is 2.27. The zero-order valence-electron chi connectivity index (χ0n) is 9.14. The Morgan fingerprint density at radius 3 is 2.88 bits per heavy atom. The fraction of sp³-hybridized carbons (Fsp3) is 0.417. The normalized spacial score (nSPS) is 17.6. The van der Waals surface area contributed by atoms with Crippen molar-refractivity contribution in [2.75, 3.05) is 0 Å². The minimum absolute atomic E-state index is 0.303. The summed E-state index contributed by atoms with van der Waals surface area (Å²) in [5, 5.41) is 11.4. The Bertz CT molecular complexity index is 457. The summed E-state index contributed by atoms with van der Waals surface area (Å²) in [6.45, 7) is 2.06. The zero-order chi connectivity index (χ0) is 11.0. The molecule has 1 saturated carbocycles. The maximum absolute atomic E-state index is 4.61. The highest BCUT2D eigenvalue weighted by molar-refractivity contribution is 7.10. The highest BCUT2D eigenvalue weighted by atomic mass is 32.1. The number of hydrogen-bond acceptors (Lipinski definition) is 4. The fourth-order valence-corrected chi connectivity index (χ4v) is 3.31. The van der Waals surface area contributed by atoms with Gasteiger partial charge in [-0.3, -0.25) is 0 Å². The molecular weight excluding hydrogens is 236 g/mol. The molecular formula is C12H14N2S2. The maximum atomic E-state index is 4.61.